The number of rotatable bonds is 5. The van der Waals surface area contributed by atoms with E-state index >= 15 is 0 Å². The highest BCUT2D eigenvalue weighted by Crippen LogP contribution is 2.29. The van der Waals surface area contributed by atoms with Crippen LogP contribution in [0.25, 0.3) is 0 Å². The molecule has 0 aromatic heterocycles. The minimum atomic E-state index is -0.710. The number of nitrogens with one attached hydrogen (secondary N) is 2. The monoisotopic (exact) mass is 352 g/mol. The summed E-state index contributed by atoms with van der Waals surface area (Å²) in [6.07, 6.45) is 0. The molecule has 4 nitrogen and oxygen atoms in total. The zero-order valence-corrected chi connectivity index (χ0v) is 14.3. The summed E-state index contributed by atoms with van der Waals surface area (Å²) in [4.78, 5) is 0. The van der Waals surface area contributed by atoms with Crippen LogP contribution in [0.2, 0.25) is 0 Å². The van der Waals surface area contributed by atoms with Gasteiger partial charge < -0.3 is 20.1 Å². The molecular weight excluding hydrogens is 334 g/mol. The van der Waals surface area contributed by atoms with Gasteiger partial charge in [-0.1, -0.05) is 6.07 Å². The summed E-state index contributed by atoms with van der Waals surface area (Å²) in [5.41, 5.74) is 1.02. The Morgan fingerprint density at radius 2 is 1.75 bits per heavy atom. The van der Waals surface area contributed by atoms with Gasteiger partial charge in [-0.05, 0) is 49.0 Å². The van der Waals surface area contributed by atoms with Crippen molar-refractivity contribution in [3.05, 3.63) is 53.6 Å². The van der Waals surface area contributed by atoms with Gasteiger partial charge in [0.05, 0.1) is 25.9 Å². The molecule has 2 rings (SSSR count). The Kier molecular flexibility index (Phi) is 5.92. The molecule has 0 saturated carbocycles. The van der Waals surface area contributed by atoms with E-state index in [1.54, 1.807) is 20.3 Å². The fourth-order valence-electron chi connectivity index (χ4n) is 2.15. The SMILES string of the molecule is COc1ccc(C(C)NC(=S)Nc2ccc(F)cc2F)cc1OC. The van der Waals surface area contributed by atoms with Crippen LogP contribution in [0.5, 0.6) is 11.5 Å². The molecule has 0 aliphatic rings. The van der Waals surface area contributed by atoms with Crippen LogP contribution < -0.4 is 20.1 Å². The first-order chi connectivity index (χ1) is 11.4. The maximum Gasteiger partial charge on any atom is 0.171 e. The molecule has 0 spiro atoms. The van der Waals surface area contributed by atoms with Gasteiger partial charge in [0.2, 0.25) is 0 Å². The van der Waals surface area contributed by atoms with Gasteiger partial charge in [-0.2, -0.15) is 0 Å². The van der Waals surface area contributed by atoms with E-state index in [1.165, 1.54) is 6.07 Å². The molecule has 0 radical (unpaired) electrons. The van der Waals surface area contributed by atoms with Crippen molar-refractivity contribution in [2.24, 2.45) is 0 Å². The van der Waals surface area contributed by atoms with Gasteiger partial charge in [0.1, 0.15) is 11.6 Å². The van der Waals surface area contributed by atoms with Gasteiger partial charge in [-0.25, -0.2) is 8.78 Å². The molecule has 0 heterocycles. The molecule has 0 aliphatic carbocycles. The zero-order valence-electron chi connectivity index (χ0n) is 13.5. The van der Waals surface area contributed by atoms with E-state index in [4.69, 9.17) is 21.7 Å². The first-order valence-corrected chi connectivity index (χ1v) is 7.60. The third kappa shape index (κ3) is 4.32. The highest BCUT2D eigenvalue weighted by atomic mass is 32.1. The van der Waals surface area contributed by atoms with E-state index < -0.39 is 11.6 Å². The summed E-state index contributed by atoms with van der Waals surface area (Å²) in [5, 5.41) is 5.98. The minimum Gasteiger partial charge on any atom is -0.493 e. The number of ether oxygens (including phenoxy) is 2. The largest absolute Gasteiger partial charge is 0.493 e. The maximum absolute atomic E-state index is 13.6. The lowest BCUT2D eigenvalue weighted by Crippen LogP contribution is -2.31. The van der Waals surface area contributed by atoms with Crippen molar-refractivity contribution in [1.82, 2.24) is 5.32 Å². The second-order valence-electron chi connectivity index (χ2n) is 5.06. The summed E-state index contributed by atoms with van der Waals surface area (Å²) < 4.78 is 37.0. The van der Waals surface area contributed by atoms with E-state index in [0.717, 1.165) is 17.7 Å². The van der Waals surface area contributed by atoms with Crippen LogP contribution in [0, 0.1) is 11.6 Å². The standard InChI is InChI=1S/C17H18F2N2O2S/c1-10(11-4-7-15(22-2)16(8-11)23-3)20-17(24)21-14-6-5-12(18)9-13(14)19/h4-10H,1-3H3,(H2,20,21,24). The number of thiocarbonyl (C=S) groups is 1. The summed E-state index contributed by atoms with van der Waals surface area (Å²) in [6.45, 7) is 1.90. The summed E-state index contributed by atoms with van der Waals surface area (Å²) in [5.74, 6) is -0.122. The number of methoxy groups -OCH3 is 2. The highest BCUT2D eigenvalue weighted by Gasteiger charge is 2.12. The van der Waals surface area contributed by atoms with Gasteiger partial charge in [-0.3, -0.25) is 0 Å². The van der Waals surface area contributed by atoms with Crippen molar-refractivity contribution >= 4 is 23.0 Å². The lowest BCUT2D eigenvalue weighted by molar-refractivity contribution is 0.354. The van der Waals surface area contributed by atoms with Gasteiger partial charge in [0.25, 0.3) is 0 Å². The molecular formula is C17H18F2N2O2S. The average Bonchev–Trinajstić information content (AvgIpc) is 2.56. The van der Waals surface area contributed by atoms with Crippen molar-refractivity contribution in [3.8, 4) is 11.5 Å². The number of anilines is 1. The van der Waals surface area contributed by atoms with Crippen LogP contribution in [-0.2, 0) is 0 Å². The second-order valence-corrected chi connectivity index (χ2v) is 5.47. The summed E-state index contributed by atoms with van der Waals surface area (Å²) in [7, 11) is 3.12. The molecule has 2 N–H and O–H groups in total. The van der Waals surface area contributed by atoms with E-state index in [-0.39, 0.29) is 16.8 Å². The zero-order chi connectivity index (χ0) is 17.7. The molecule has 0 bridgehead atoms. The lowest BCUT2D eigenvalue weighted by Gasteiger charge is -2.19. The molecule has 2 aromatic carbocycles. The first-order valence-electron chi connectivity index (χ1n) is 7.19. The molecule has 0 fully saturated rings. The van der Waals surface area contributed by atoms with Gasteiger partial charge in [0.15, 0.2) is 16.6 Å². The molecule has 7 heteroatoms. The van der Waals surface area contributed by atoms with E-state index in [2.05, 4.69) is 10.6 Å². The molecule has 1 atom stereocenters. The average molecular weight is 352 g/mol. The molecule has 0 amide bonds. The van der Waals surface area contributed by atoms with Crippen molar-refractivity contribution in [3.63, 3.8) is 0 Å². The third-order valence-corrected chi connectivity index (χ3v) is 3.65. The van der Waals surface area contributed by atoms with Crippen molar-refractivity contribution < 1.29 is 18.3 Å². The molecule has 1 unspecified atom stereocenters. The van der Waals surface area contributed by atoms with Crippen molar-refractivity contribution in [2.45, 2.75) is 13.0 Å². The van der Waals surface area contributed by atoms with Crippen LogP contribution in [0.3, 0.4) is 0 Å². The maximum atomic E-state index is 13.6. The quantitative estimate of drug-likeness (QED) is 0.796. The Labute approximate surface area is 144 Å². The predicted molar refractivity (Wildman–Crippen MR) is 93.7 cm³/mol. The second kappa shape index (κ2) is 7.92. The number of hydrogen-bond acceptors (Lipinski definition) is 3. The van der Waals surface area contributed by atoms with Gasteiger partial charge >= 0.3 is 0 Å². The number of benzene rings is 2. The Morgan fingerprint density at radius 3 is 2.38 bits per heavy atom. The predicted octanol–water partition coefficient (Wildman–Crippen LogP) is 4.03. The van der Waals surface area contributed by atoms with Crippen LogP contribution >= 0.6 is 12.2 Å². The van der Waals surface area contributed by atoms with Crippen LogP contribution in [-0.4, -0.2) is 19.3 Å². The summed E-state index contributed by atoms with van der Waals surface area (Å²) in [6, 6.07) is 8.59. The molecule has 24 heavy (non-hydrogen) atoms. The van der Waals surface area contributed by atoms with Gasteiger partial charge in [-0.15, -0.1) is 0 Å². The van der Waals surface area contributed by atoms with E-state index in [9.17, 15) is 8.78 Å². The van der Waals surface area contributed by atoms with Crippen LogP contribution in [0.4, 0.5) is 14.5 Å². The van der Waals surface area contributed by atoms with E-state index in [0.29, 0.717) is 11.5 Å². The Bertz CT molecular complexity index is 741. The first kappa shape index (κ1) is 17.9. The summed E-state index contributed by atoms with van der Waals surface area (Å²) >= 11 is 5.18. The molecule has 128 valence electrons. The normalized spacial score (nSPS) is 11.5. The van der Waals surface area contributed by atoms with Crippen LogP contribution in [0.15, 0.2) is 36.4 Å². The molecule has 2 aromatic rings. The van der Waals surface area contributed by atoms with Crippen molar-refractivity contribution in [1.29, 1.82) is 0 Å². The minimum absolute atomic E-state index is 0.105. The smallest absolute Gasteiger partial charge is 0.171 e. The Morgan fingerprint density at radius 1 is 1.04 bits per heavy atom. The lowest BCUT2D eigenvalue weighted by atomic mass is 10.1. The topological polar surface area (TPSA) is 42.5 Å². The van der Waals surface area contributed by atoms with Gasteiger partial charge in [0, 0.05) is 6.07 Å². The van der Waals surface area contributed by atoms with Crippen LogP contribution in [0.1, 0.15) is 18.5 Å². The Hall–Kier alpha value is -2.41. The fourth-order valence-corrected chi connectivity index (χ4v) is 2.44. The fraction of sp³-hybridized carbons (Fsp3) is 0.235. The molecule has 0 saturated heterocycles. The third-order valence-electron chi connectivity index (χ3n) is 3.43. The molecule has 0 aliphatic heterocycles. The van der Waals surface area contributed by atoms with Crippen molar-refractivity contribution in [2.75, 3.05) is 19.5 Å². The number of hydrogen-bond donors (Lipinski definition) is 2. The van der Waals surface area contributed by atoms with E-state index in [1.807, 2.05) is 19.1 Å². The Balaban J connectivity index is 2.06. The number of halogens is 2. The highest BCUT2D eigenvalue weighted by molar-refractivity contribution is 7.80.